The van der Waals surface area contributed by atoms with Crippen molar-refractivity contribution in [1.82, 2.24) is 9.80 Å². The summed E-state index contributed by atoms with van der Waals surface area (Å²) in [6, 6.07) is 1.41. The summed E-state index contributed by atoms with van der Waals surface area (Å²) < 4.78 is 0. The maximum absolute atomic E-state index is 6.13. The van der Waals surface area contributed by atoms with Gasteiger partial charge >= 0.3 is 0 Å². The molecule has 3 nitrogen and oxygen atoms in total. The van der Waals surface area contributed by atoms with Crippen LogP contribution in [0.25, 0.3) is 0 Å². The molecule has 3 heteroatoms. The summed E-state index contributed by atoms with van der Waals surface area (Å²) in [6.07, 6.45) is 5.19. The summed E-state index contributed by atoms with van der Waals surface area (Å²) >= 11 is 0. The lowest BCUT2D eigenvalue weighted by atomic mass is 9.81. The van der Waals surface area contributed by atoms with Gasteiger partial charge in [-0.2, -0.15) is 0 Å². The van der Waals surface area contributed by atoms with Gasteiger partial charge in [-0.1, -0.05) is 0 Å². The van der Waals surface area contributed by atoms with Crippen molar-refractivity contribution >= 4 is 0 Å². The van der Waals surface area contributed by atoms with Gasteiger partial charge in [-0.05, 0) is 59.7 Å². The van der Waals surface area contributed by atoms with Crippen LogP contribution in [0.3, 0.4) is 0 Å². The average molecular weight is 225 g/mol. The molecule has 94 valence electrons. The van der Waals surface area contributed by atoms with E-state index < -0.39 is 0 Å². The molecule has 0 saturated carbocycles. The second-order valence-electron chi connectivity index (χ2n) is 5.90. The zero-order valence-electron chi connectivity index (χ0n) is 11.1. The van der Waals surface area contributed by atoms with Gasteiger partial charge in [0.1, 0.15) is 0 Å². The second kappa shape index (κ2) is 4.63. The number of hydrogen-bond donors (Lipinski definition) is 1. The fourth-order valence-corrected chi connectivity index (χ4v) is 3.61. The lowest BCUT2D eigenvalue weighted by Gasteiger charge is -2.50. The summed E-state index contributed by atoms with van der Waals surface area (Å²) in [4.78, 5) is 5.17. The Balaban J connectivity index is 2.13. The van der Waals surface area contributed by atoms with E-state index in [0.29, 0.717) is 11.6 Å². The molecule has 0 spiro atoms. The van der Waals surface area contributed by atoms with Crippen LogP contribution >= 0.6 is 0 Å². The number of nitrogens with two attached hydrogens (primary N) is 1. The fourth-order valence-electron chi connectivity index (χ4n) is 3.61. The first kappa shape index (κ1) is 12.3. The van der Waals surface area contributed by atoms with Gasteiger partial charge in [-0.3, -0.25) is 4.90 Å². The molecule has 2 saturated heterocycles. The number of hydrogen-bond acceptors (Lipinski definition) is 3. The van der Waals surface area contributed by atoms with Gasteiger partial charge < -0.3 is 10.6 Å². The molecule has 2 aliphatic heterocycles. The monoisotopic (exact) mass is 225 g/mol. The minimum Gasteiger partial charge on any atom is -0.329 e. The Morgan fingerprint density at radius 1 is 1.25 bits per heavy atom. The number of rotatable bonds is 2. The first-order valence-electron chi connectivity index (χ1n) is 6.76. The first-order chi connectivity index (χ1) is 7.59. The minimum atomic E-state index is 0.293. The molecule has 2 rings (SSSR count). The van der Waals surface area contributed by atoms with Gasteiger partial charge in [0.15, 0.2) is 0 Å². The molecule has 0 bridgehead atoms. The number of likely N-dealkylation sites (tertiary alicyclic amines) is 2. The van der Waals surface area contributed by atoms with E-state index in [1.807, 2.05) is 0 Å². The molecule has 2 aliphatic rings. The molecular weight excluding hydrogens is 198 g/mol. The predicted molar refractivity (Wildman–Crippen MR) is 68.5 cm³/mol. The molecule has 3 unspecified atom stereocenters. The lowest BCUT2D eigenvalue weighted by Crippen LogP contribution is -2.61. The minimum absolute atomic E-state index is 0.293. The highest BCUT2D eigenvalue weighted by Gasteiger charge is 2.43. The van der Waals surface area contributed by atoms with Crippen LogP contribution in [0.2, 0.25) is 0 Å². The van der Waals surface area contributed by atoms with E-state index in [-0.39, 0.29) is 0 Å². The summed E-state index contributed by atoms with van der Waals surface area (Å²) in [5, 5.41) is 0. The van der Waals surface area contributed by atoms with Gasteiger partial charge in [0.05, 0.1) is 0 Å². The molecule has 2 heterocycles. The quantitative estimate of drug-likeness (QED) is 0.768. The summed E-state index contributed by atoms with van der Waals surface area (Å²) in [6.45, 7) is 7.99. The van der Waals surface area contributed by atoms with Crippen LogP contribution < -0.4 is 5.73 Å². The largest absolute Gasteiger partial charge is 0.329 e. The van der Waals surface area contributed by atoms with Crippen molar-refractivity contribution in [3.63, 3.8) is 0 Å². The Bertz CT molecular complexity index is 243. The van der Waals surface area contributed by atoms with Crippen LogP contribution in [0.4, 0.5) is 0 Å². The van der Waals surface area contributed by atoms with Crippen LogP contribution in [0.1, 0.15) is 39.5 Å². The standard InChI is InChI=1S/C13H27N3/c1-11-5-4-7-16(11)13(10-14)6-8-15(3)12(2)9-13/h11-12H,4-10,14H2,1-3H3. The first-order valence-corrected chi connectivity index (χ1v) is 6.76. The van der Waals surface area contributed by atoms with E-state index in [1.54, 1.807) is 0 Å². The molecule has 0 aromatic carbocycles. The fraction of sp³-hybridized carbons (Fsp3) is 1.00. The Labute approximate surface area is 100.0 Å². The molecule has 2 fully saturated rings. The van der Waals surface area contributed by atoms with Crippen molar-refractivity contribution in [2.24, 2.45) is 5.73 Å². The van der Waals surface area contributed by atoms with Crippen LogP contribution in [0, 0.1) is 0 Å². The van der Waals surface area contributed by atoms with Gasteiger partial charge in [-0.15, -0.1) is 0 Å². The van der Waals surface area contributed by atoms with Gasteiger partial charge in [0.2, 0.25) is 0 Å². The second-order valence-corrected chi connectivity index (χ2v) is 5.90. The normalized spacial score (nSPS) is 42.8. The highest BCUT2D eigenvalue weighted by Crippen LogP contribution is 2.36. The van der Waals surface area contributed by atoms with E-state index in [2.05, 4.69) is 30.7 Å². The van der Waals surface area contributed by atoms with Crippen molar-refractivity contribution in [3.8, 4) is 0 Å². The molecule has 3 atom stereocenters. The number of piperidine rings is 1. The van der Waals surface area contributed by atoms with E-state index in [4.69, 9.17) is 5.73 Å². The maximum atomic E-state index is 6.13. The zero-order chi connectivity index (χ0) is 11.8. The molecule has 0 aliphatic carbocycles. The highest BCUT2D eigenvalue weighted by molar-refractivity contribution is 5.01. The smallest absolute Gasteiger partial charge is 0.0361 e. The lowest BCUT2D eigenvalue weighted by molar-refractivity contribution is 0.00621. The average Bonchev–Trinajstić information content (AvgIpc) is 2.70. The highest BCUT2D eigenvalue weighted by atomic mass is 15.3. The Morgan fingerprint density at radius 2 is 2.00 bits per heavy atom. The van der Waals surface area contributed by atoms with Crippen LogP contribution in [0.15, 0.2) is 0 Å². The van der Waals surface area contributed by atoms with Crippen molar-refractivity contribution in [3.05, 3.63) is 0 Å². The summed E-state index contributed by atoms with van der Waals surface area (Å²) in [5.74, 6) is 0. The third-order valence-electron chi connectivity index (χ3n) is 4.90. The third kappa shape index (κ3) is 2.01. The van der Waals surface area contributed by atoms with Gasteiger partial charge in [0, 0.05) is 24.2 Å². The Morgan fingerprint density at radius 3 is 2.50 bits per heavy atom. The van der Waals surface area contributed by atoms with Gasteiger partial charge in [-0.25, -0.2) is 0 Å². The molecule has 2 N–H and O–H groups in total. The van der Waals surface area contributed by atoms with Crippen molar-refractivity contribution in [1.29, 1.82) is 0 Å². The van der Waals surface area contributed by atoms with Crippen molar-refractivity contribution < 1.29 is 0 Å². The maximum Gasteiger partial charge on any atom is 0.0361 e. The molecule has 0 radical (unpaired) electrons. The van der Waals surface area contributed by atoms with E-state index in [9.17, 15) is 0 Å². The van der Waals surface area contributed by atoms with E-state index >= 15 is 0 Å². The van der Waals surface area contributed by atoms with Crippen LogP contribution in [-0.4, -0.2) is 54.1 Å². The molecule has 0 amide bonds. The topological polar surface area (TPSA) is 32.5 Å². The molecular formula is C13H27N3. The SMILES string of the molecule is CC1CC(CN)(N2CCCC2C)CCN1C. The summed E-state index contributed by atoms with van der Waals surface area (Å²) in [5.41, 5.74) is 6.42. The Kier molecular flexibility index (Phi) is 3.57. The van der Waals surface area contributed by atoms with E-state index in [0.717, 1.165) is 12.6 Å². The van der Waals surface area contributed by atoms with Gasteiger partial charge in [0.25, 0.3) is 0 Å². The summed E-state index contributed by atoms with van der Waals surface area (Å²) in [7, 11) is 2.23. The zero-order valence-corrected chi connectivity index (χ0v) is 11.1. The third-order valence-corrected chi connectivity index (χ3v) is 4.90. The van der Waals surface area contributed by atoms with Crippen LogP contribution in [-0.2, 0) is 0 Å². The molecule has 0 aromatic heterocycles. The van der Waals surface area contributed by atoms with Crippen molar-refractivity contribution in [2.75, 3.05) is 26.7 Å². The molecule has 16 heavy (non-hydrogen) atoms. The molecule has 0 aromatic rings. The van der Waals surface area contributed by atoms with Crippen LogP contribution in [0.5, 0.6) is 0 Å². The predicted octanol–water partition coefficient (Wildman–Crippen LogP) is 1.28. The van der Waals surface area contributed by atoms with E-state index in [1.165, 1.54) is 38.8 Å². The Hall–Kier alpha value is -0.120. The number of nitrogens with zero attached hydrogens (tertiary/aromatic N) is 2. The van der Waals surface area contributed by atoms with Crippen molar-refractivity contribution in [2.45, 2.75) is 57.2 Å².